The largest absolute Gasteiger partial charge is 0.416 e. The molecule has 0 saturated carbocycles. The van der Waals surface area contributed by atoms with Crippen molar-refractivity contribution in [2.75, 3.05) is 19.6 Å². The fourth-order valence-corrected chi connectivity index (χ4v) is 3.86. The Kier molecular flexibility index (Phi) is 8.14. The van der Waals surface area contributed by atoms with Gasteiger partial charge in [0, 0.05) is 32.5 Å². The predicted molar refractivity (Wildman–Crippen MR) is 117 cm³/mol. The Balaban J connectivity index is 1.65. The Bertz CT molecular complexity index is 1080. The van der Waals surface area contributed by atoms with Crippen LogP contribution < -0.4 is 10.6 Å². The van der Waals surface area contributed by atoms with Crippen molar-refractivity contribution in [2.45, 2.75) is 31.5 Å². The molecule has 2 aromatic rings. The summed E-state index contributed by atoms with van der Waals surface area (Å²) < 4.78 is 52.6. The quantitative estimate of drug-likeness (QED) is 0.537. The van der Waals surface area contributed by atoms with Gasteiger partial charge in [-0.05, 0) is 42.3 Å². The standard InChI is InChI=1S/C23H22ClF4N3O3/c24-18-12-16(25)6-7-17(18)22(34)29-9-8-20(32)30-19(13-31-10-2-5-21(31)33)14-3-1-4-15(11-14)23(26,27)28/h1,3-4,6-7,11-12,19H,2,5,8-10,13H2,(H,29,34)(H,30,32). The summed E-state index contributed by atoms with van der Waals surface area (Å²) in [5, 5.41) is 5.08. The van der Waals surface area contributed by atoms with E-state index >= 15 is 0 Å². The van der Waals surface area contributed by atoms with Crippen LogP contribution in [-0.4, -0.2) is 42.3 Å². The normalized spacial score (nSPS) is 14.7. The average molecular weight is 500 g/mol. The van der Waals surface area contributed by atoms with Crippen molar-refractivity contribution in [3.63, 3.8) is 0 Å². The molecule has 1 atom stereocenters. The number of rotatable bonds is 8. The van der Waals surface area contributed by atoms with Crippen LogP contribution in [-0.2, 0) is 15.8 Å². The number of carbonyl (C=O) groups excluding carboxylic acids is 3. The van der Waals surface area contributed by atoms with Gasteiger partial charge in [-0.15, -0.1) is 0 Å². The first-order chi connectivity index (χ1) is 16.0. The molecule has 2 aromatic carbocycles. The van der Waals surface area contributed by atoms with Gasteiger partial charge in [-0.1, -0.05) is 23.7 Å². The van der Waals surface area contributed by atoms with E-state index in [-0.39, 0.29) is 41.6 Å². The SMILES string of the molecule is O=C(CCNC(=O)c1ccc(F)cc1Cl)NC(CN1CCCC1=O)c1cccc(C(F)(F)F)c1. The van der Waals surface area contributed by atoms with E-state index in [4.69, 9.17) is 11.6 Å². The average Bonchev–Trinajstić information content (AvgIpc) is 3.17. The van der Waals surface area contributed by atoms with Gasteiger partial charge < -0.3 is 15.5 Å². The third kappa shape index (κ3) is 6.69. The number of benzene rings is 2. The second kappa shape index (κ2) is 10.9. The second-order valence-electron chi connectivity index (χ2n) is 7.82. The van der Waals surface area contributed by atoms with E-state index in [1.165, 1.54) is 23.1 Å². The van der Waals surface area contributed by atoms with Crippen LogP contribution in [0.5, 0.6) is 0 Å². The molecule has 11 heteroatoms. The summed E-state index contributed by atoms with van der Waals surface area (Å²) in [5.41, 5.74) is -0.608. The molecule has 0 bridgehead atoms. The first kappa shape index (κ1) is 25.5. The van der Waals surface area contributed by atoms with Crippen LogP contribution in [0.2, 0.25) is 5.02 Å². The predicted octanol–water partition coefficient (Wildman–Crippen LogP) is 4.10. The lowest BCUT2D eigenvalue weighted by atomic mass is 10.0. The summed E-state index contributed by atoms with van der Waals surface area (Å²) in [5.74, 6) is -1.86. The van der Waals surface area contributed by atoms with Crippen LogP contribution in [0, 0.1) is 5.82 Å². The van der Waals surface area contributed by atoms with Gasteiger partial charge in [-0.2, -0.15) is 13.2 Å². The van der Waals surface area contributed by atoms with Crippen LogP contribution in [0.1, 0.15) is 46.8 Å². The first-order valence-electron chi connectivity index (χ1n) is 10.5. The maximum absolute atomic E-state index is 13.2. The van der Waals surface area contributed by atoms with E-state index in [9.17, 15) is 31.9 Å². The van der Waals surface area contributed by atoms with Gasteiger partial charge in [0.1, 0.15) is 5.82 Å². The van der Waals surface area contributed by atoms with Gasteiger partial charge in [0.2, 0.25) is 11.8 Å². The van der Waals surface area contributed by atoms with Crippen LogP contribution in [0.3, 0.4) is 0 Å². The first-order valence-corrected chi connectivity index (χ1v) is 10.9. The fourth-order valence-electron chi connectivity index (χ4n) is 3.61. The number of hydrogen-bond donors (Lipinski definition) is 2. The number of nitrogens with one attached hydrogen (secondary N) is 2. The number of amides is 3. The van der Waals surface area contributed by atoms with Crippen molar-refractivity contribution < 1.29 is 31.9 Å². The van der Waals surface area contributed by atoms with Gasteiger partial charge in [-0.25, -0.2) is 4.39 Å². The monoisotopic (exact) mass is 499 g/mol. The van der Waals surface area contributed by atoms with Crippen molar-refractivity contribution in [3.05, 3.63) is 70.0 Å². The summed E-state index contributed by atoms with van der Waals surface area (Å²) in [6, 6.07) is 7.00. The topological polar surface area (TPSA) is 78.5 Å². The number of likely N-dealkylation sites (tertiary alicyclic amines) is 1. The van der Waals surface area contributed by atoms with Gasteiger partial charge in [0.05, 0.1) is 22.2 Å². The molecule has 1 aliphatic heterocycles. The molecule has 1 unspecified atom stereocenters. The molecule has 1 aliphatic rings. The number of halogens is 5. The number of alkyl halides is 3. The van der Waals surface area contributed by atoms with Crippen molar-refractivity contribution >= 4 is 29.3 Å². The van der Waals surface area contributed by atoms with E-state index < -0.39 is 35.4 Å². The fraction of sp³-hybridized carbons (Fsp3) is 0.348. The minimum Gasteiger partial charge on any atom is -0.351 e. The van der Waals surface area contributed by atoms with Crippen LogP contribution in [0.25, 0.3) is 0 Å². The maximum atomic E-state index is 13.2. The Morgan fingerprint density at radius 1 is 1.15 bits per heavy atom. The summed E-state index contributed by atoms with van der Waals surface area (Å²) in [6.45, 7) is 0.401. The van der Waals surface area contributed by atoms with E-state index in [0.717, 1.165) is 24.3 Å². The zero-order valence-corrected chi connectivity index (χ0v) is 18.7. The molecular weight excluding hydrogens is 478 g/mol. The summed E-state index contributed by atoms with van der Waals surface area (Å²) in [4.78, 5) is 38.3. The molecule has 2 N–H and O–H groups in total. The lowest BCUT2D eigenvalue weighted by Crippen LogP contribution is -2.39. The summed E-state index contributed by atoms with van der Waals surface area (Å²) >= 11 is 5.85. The Morgan fingerprint density at radius 2 is 1.91 bits per heavy atom. The smallest absolute Gasteiger partial charge is 0.351 e. The molecule has 0 aliphatic carbocycles. The lowest BCUT2D eigenvalue weighted by Gasteiger charge is -2.26. The third-order valence-electron chi connectivity index (χ3n) is 5.34. The number of carbonyl (C=O) groups is 3. The minimum atomic E-state index is -4.56. The Morgan fingerprint density at radius 3 is 2.56 bits per heavy atom. The third-order valence-corrected chi connectivity index (χ3v) is 5.65. The highest BCUT2D eigenvalue weighted by molar-refractivity contribution is 6.33. The van der Waals surface area contributed by atoms with Crippen LogP contribution in [0.4, 0.5) is 17.6 Å². The zero-order chi connectivity index (χ0) is 24.9. The van der Waals surface area contributed by atoms with E-state index in [1.54, 1.807) is 0 Å². The highest BCUT2D eigenvalue weighted by Gasteiger charge is 2.32. The molecule has 3 rings (SSSR count). The lowest BCUT2D eigenvalue weighted by molar-refractivity contribution is -0.137. The number of hydrogen-bond acceptors (Lipinski definition) is 3. The highest BCUT2D eigenvalue weighted by atomic mass is 35.5. The van der Waals surface area contributed by atoms with Gasteiger partial charge in [-0.3, -0.25) is 14.4 Å². The van der Waals surface area contributed by atoms with E-state index in [1.807, 2.05) is 0 Å². The van der Waals surface area contributed by atoms with Gasteiger partial charge in [0.25, 0.3) is 5.91 Å². The van der Waals surface area contributed by atoms with Crippen molar-refractivity contribution in [2.24, 2.45) is 0 Å². The molecule has 1 heterocycles. The molecule has 0 radical (unpaired) electrons. The molecule has 34 heavy (non-hydrogen) atoms. The summed E-state index contributed by atoms with van der Waals surface area (Å²) in [6.07, 6.45) is -3.74. The van der Waals surface area contributed by atoms with E-state index in [2.05, 4.69) is 10.6 Å². The number of nitrogens with zero attached hydrogens (tertiary/aromatic N) is 1. The Hall–Kier alpha value is -3.14. The molecule has 182 valence electrons. The molecule has 0 spiro atoms. The molecule has 1 fully saturated rings. The van der Waals surface area contributed by atoms with Gasteiger partial charge in [0.15, 0.2) is 0 Å². The second-order valence-corrected chi connectivity index (χ2v) is 8.22. The molecule has 6 nitrogen and oxygen atoms in total. The van der Waals surface area contributed by atoms with Crippen LogP contribution >= 0.6 is 11.6 Å². The van der Waals surface area contributed by atoms with Crippen molar-refractivity contribution in [1.29, 1.82) is 0 Å². The molecule has 3 amide bonds. The van der Waals surface area contributed by atoms with Crippen molar-refractivity contribution in [3.8, 4) is 0 Å². The van der Waals surface area contributed by atoms with E-state index in [0.29, 0.717) is 19.4 Å². The molecule has 1 saturated heterocycles. The van der Waals surface area contributed by atoms with Crippen molar-refractivity contribution in [1.82, 2.24) is 15.5 Å². The van der Waals surface area contributed by atoms with Gasteiger partial charge >= 0.3 is 6.18 Å². The summed E-state index contributed by atoms with van der Waals surface area (Å²) in [7, 11) is 0. The maximum Gasteiger partial charge on any atom is 0.416 e. The van der Waals surface area contributed by atoms with Crippen LogP contribution in [0.15, 0.2) is 42.5 Å². The Labute approximate surface area is 198 Å². The minimum absolute atomic E-state index is 0.0312. The highest BCUT2D eigenvalue weighted by Crippen LogP contribution is 2.31. The molecule has 0 aromatic heterocycles. The zero-order valence-electron chi connectivity index (χ0n) is 17.9. The molecular formula is C23H22ClF4N3O3.